The lowest BCUT2D eigenvalue weighted by molar-refractivity contribution is -0.112. The van der Waals surface area contributed by atoms with E-state index >= 15 is 0 Å². The Morgan fingerprint density at radius 2 is 1.92 bits per heavy atom. The lowest BCUT2D eigenvalue weighted by atomic mass is 10.0. The van der Waals surface area contributed by atoms with E-state index in [0.717, 1.165) is 40.9 Å². The number of nitrogens with zero attached hydrogens (tertiary/aromatic N) is 5. The van der Waals surface area contributed by atoms with Gasteiger partial charge in [0.15, 0.2) is 0 Å². The number of primary amides is 1. The van der Waals surface area contributed by atoms with Crippen LogP contribution in [-0.4, -0.2) is 66.7 Å². The predicted octanol–water partition coefficient (Wildman–Crippen LogP) is 3.88. The third-order valence-electron chi connectivity index (χ3n) is 6.31. The zero-order chi connectivity index (χ0) is 26.7. The number of hydrogen-bond donors (Lipinski definition) is 2. The lowest BCUT2D eigenvalue weighted by Crippen LogP contribution is -2.29. The summed E-state index contributed by atoms with van der Waals surface area (Å²) in [6.45, 7) is 5.50. The van der Waals surface area contributed by atoms with Gasteiger partial charge in [-0.1, -0.05) is 24.8 Å². The van der Waals surface area contributed by atoms with E-state index in [0.29, 0.717) is 22.9 Å². The van der Waals surface area contributed by atoms with E-state index in [1.165, 1.54) is 0 Å². The van der Waals surface area contributed by atoms with Crippen molar-refractivity contribution in [3.63, 3.8) is 0 Å². The molecule has 0 aliphatic heterocycles. The number of amides is 1. The Morgan fingerprint density at radius 1 is 1.16 bits per heavy atom. The number of rotatable bonds is 10. The first kappa shape index (κ1) is 25.7. The first-order valence-electron chi connectivity index (χ1n) is 11.9. The van der Waals surface area contributed by atoms with Gasteiger partial charge in [-0.25, -0.2) is 9.97 Å². The van der Waals surface area contributed by atoms with Gasteiger partial charge in [-0.2, -0.15) is 0 Å². The fourth-order valence-corrected chi connectivity index (χ4v) is 4.23. The van der Waals surface area contributed by atoms with E-state index in [4.69, 9.17) is 15.5 Å². The molecule has 0 radical (unpaired) electrons. The minimum Gasteiger partial charge on any atom is -0.494 e. The second-order valence-corrected chi connectivity index (χ2v) is 9.20. The fourth-order valence-electron chi connectivity index (χ4n) is 4.23. The molecule has 4 aromatic rings. The summed E-state index contributed by atoms with van der Waals surface area (Å²) in [5.74, 6) is 0.382. The van der Waals surface area contributed by atoms with Crippen molar-refractivity contribution in [3.8, 4) is 17.0 Å². The van der Waals surface area contributed by atoms with Gasteiger partial charge >= 0.3 is 0 Å². The monoisotopic (exact) mass is 499 g/mol. The van der Waals surface area contributed by atoms with Crippen LogP contribution in [0.15, 0.2) is 61.4 Å². The van der Waals surface area contributed by atoms with Crippen LogP contribution < -0.4 is 20.7 Å². The summed E-state index contributed by atoms with van der Waals surface area (Å²) in [5, 5.41) is 4.37. The van der Waals surface area contributed by atoms with Crippen LogP contribution in [0.4, 0.5) is 17.3 Å². The molecular formula is C28H33N7O2. The van der Waals surface area contributed by atoms with Crippen molar-refractivity contribution >= 4 is 39.7 Å². The Bertz CT molecular complexity index is 1460. The molecule has 9 nitrogen and oxygen atoms in total. The Labute approximate surface area is 217 Å². The van der Waals surface area contributed by atoms with Crippen LogP contribution in [0, 0.1) is 0 Å². The summed E-state index contributed by atoms with van der Waals surface area (Å²) in [7, 11) is 9.59. The highest BCUT2D eigenvalue weighted by molar-refractivity contribution is 6.19. The molecule has 37 heavy (non-hydrogen) atoms. The quantitative estimate of drug-likeness (QED) is 0.319. The number of carbonyl (C=O) groups excluding carboxylic acids is 1. The maximum absolute atomic E-state index is 12.1. The Hall–Kier alpha value is -4.37. The first-order chi connectivity index (χ1) is 17.7. The van der Waals surface area contributed by atoms with Crippen molar-refractivity contribution in [2.75, 3.05) is 51.6 Å². The van der Waals surface area contributed by atoms with Crippen molar-refractivity contribution < 1.29 is 9.53 Å². The number of benzene rings is 2. The highest BCUT2D eigenvalue weighted by atomic mass is 16.5. The predicted molar refractivity (Wildman–Crippen MR) is 150 cm³/mol. The average Bonchev–Trinajstić information content (AvgIpc) is 3.23. The second kappa shape index (κ2) is 10.7. The molecule has 0 saturated heterocycles. The van der Waals surface area contributed by atoms with Gasteiger partial charge in [-0.15, -0.1) is 0 Å². The normalized spacial score (nSPS) is 11.1. The van der Waals surface area contributed by atoms with Gasteiger partial charge < -0.3 is 30.2 Å². The Morgan fingerprint density at radius 3 is 2.62 bits per heavy atom. The van der Waals surface area contributed by atoms with Crippen molar-refractivity contribution in [1.82, 2.24) is 19.4 Å². The van der Waals surface area contributed by atoms with Crippen LogP contribution in [0.5, 0.6) is 5.75 Å². The van der Waals surface area contributed by atoms with Crippen molar-refractivity contribution in [2.45, 2.75) is 0 Å². The molecule has 2 heterocycles. The molecule has 3 N–H and O–H groups in total. The van der Waals surface area contributed by atoms with Crippen molar-refractivity contribution in [1.29, 1.82) is 0 Å². The van der Waals surface area contributed by atoms with Crippen LogP contribution in [-0.2, 0) is 11.8 Å². The van der Waals surface area contributed by atoms with E-state index in [2.05, 4.69) is 44.7 Å². The summed E-state index contributed by atoms with van der Waals surface area (Å²) in [6.07, 6.45) is 3.77. The van der Waals surface area contributed by atoms with E-state index in [1.54, 1.807) is 19.4 Å². The molecule has 4 rings (SSSR count). The van der Waals surface area contributed by atoms with Gasteiger partial charge in [0, 0.05) is 78.9 Å². The molecule has 2 aromatic carbocycles. The number of methoxy groups -OCH3 is 1. The molecule has 0 aliphatic carbocycles. The summed E-state index contributed by atoms with van der Waals surface area (Å²) in [4.78, 5) is 25.4. The SMILES string of the molecule is C=C(C(N)=O)c1cc(Nc2nccc(-c3cn(C)c4ccccc34)n2)c(OC)cc1N(C)CCN(C)C. The number of para-hydroxylation sites is 1. The summed E-state index contributed by atoms with van der Waals surface area (Å²) in [6, 6.07) is 13.8. The first-order valence-corrected chi connectivity index (χ1v) is 11.9. The van der Waals surface area contributed by atoms with Crippen molar-refractivity contribution in [3.05, 3.63) is 67.0 Å². The molecule has 0 bridgehead atoms. The molecule has 0 aliphatic rings. The molecule has 192 valence electrons. The van der Waals surface area contributed by atoms with Gasteiger partial charge in [0.2, 0.25) is 11.9 Å². The summed E-state index contributed by atoms with van der Waals surface area (Å²) in [5.41, 5.74) is 10.8. The number of anilines is 3. The standard InChI is InChI=1S/C28H33N7O2/c1-18(27(29)36)20-15-23(26(37-6)16-25(20)34(4)14-13-33(2)3)32-28-30-12-11-22(31-28)21-17-35(5)24-10-8-7-9-19(21)24/h7-12,15-17H,1,13-14H2,2-6H3,(H2,29,36)(H,30,31,32). The molecule has 2 aromatic heterocycles. The number of hydrogen-bond acceptors (Lipinski definition) is 7. The average molecular weight is 500 g/mol. The number of aromatic nitrogens is 3. The second-order valence-electron chi connectivity index (χ2n) is 9.20. The Balaban J connectivity index is 1.74. The van der Waals surface area contributed by atoms with E-state index in [9.17, 15) is 4.79 Å². The van der Waals surface area contributed by atoms with Crippen LogP contribution in [0.25, 0.3) is 27.7 Å². The van der Waals surface area contributed by atoms with Gasteiger partial charge in [0.25, 0.3) is 0 Å². The number of likely N-dealkylation sites (N-methyl/N-ethyl adjacent to an activating group) is 2. The molecule has 0 fully saturated rings. The third kappa shape index (κ3) is 5.41. The smallest absolute Gasteiger partial charge is 0.248 e. The molecule has 0 unspecified atom stereocenters. The summed E-state index contributed by atoms with van der Waals surface area (Å²) >= 11 is 0. The van der Waals surface area contributed by atoms with E-state index in [1.807, 2.05) is 57.4 Å². The molecule has 0 atom stereocenters. The number of nitrogens with one attached hydrogen (secondary N) is 1. The minimum atomic E-state index is -0.590. The van der Waals surface area contributed by atoms with Crippen LogP contribution in [0.2, 0.25) is 0 Å². The zero-order valence-electron chi connectivity index (χ0n) is 21.9. The number of fused-ring (bicyclic) bond motifs is 1. The minimum absolute atomic E-state index is 0.211. The maximum atomic E-state index is 12.1. The van der Waals surface area contributed by atoms with Gasteiger partial charge in [-0.05, 0) is 32.3 Å². The van der Waals surface area contributed by atoms with Crippen molar-refractivity contribution in [2.24, 2.45) is 12.8 Å². The van der Waals surface area contributed by atoms with E-state index in [-0.39, 0.29) is 5.57 Å². The third-order valence-corrected chi connectivity index (χ3v) is 6.31. The highest BCUT2D eigenvalue weighted by Gasteiger charge is 2.19. The Kier molecular flexibility index (Phi) is 7.45. The van der Waals surface area contributed by atoms with Gasteiger partial charge in [-0.3, -0.25) is 4.79 Å². The molecule has 1 amide bonds. The fraction of sp³-hybridized carbons (Fsp3) is 0.250. The van der Waals surface area contributed by atoms with Gasteiger partial charge in [0.05, 0.1) is 18.5 Å². The molecular weight excluding hydrogens is 466 g/mol. The number of carbonyl (C=O) groups is 1. The topological polar surface area (TPSA) is 102 Å². The van der Waals surface area contributed by atoms with Crippen LogP contribution >= 0.6 is 0 Å². The molecule has 9 heteroatoms. The van der Waals surface area contributed by atoms with Gasteiger partial charge in [0.1, 0.15) is 5.75 Å². The highest BCUT2D eigenvalue weighted by Crippen LogP contribution is 2.38. The largest absolute Gasteiger partial charge is 0.494 e. The lowest BCUT2D eigenvalue weighted by Gasteiger charge is -2.26. The molecule has 0 spiro atoms. The zero-order valence-corrected chi connectivity index (χ0v) is 21.9. The van der Waals surface area contributed by atoms with E-state index < -0.39 is 5.91 Å². The van der Waals surface area contributed by atoms with Crippen LogP contribution in [0.3, 0.4) is 0 Å². The molecule has 0 saturated carbocycles. The summed E-state index contributed by atoms with van der Waals surface area (Å²) < 4.78 is 7.78. The van der Waals surface area contributed by atoms with Crippen LogP contribution in [0.1, 0.15) is 5.56 Å². The number of nitrogens with two attached hydrogens (primary N) is 1. The number of aryl methyl sites for hydroxylation is 1. The maximum Gasteiger partial charge on any atom is 0.248 e. The number of ether oxygens (including phenoxy) is 1.